The zero-order chi connectivity index (χ0) is 19.4. The third-order valence-electron chi connectivity index (χ3n) is 3.81. The van der Waals surface area contributed by atoms with E-state index in [-0.39, 0.29) is 17.9 Å². The number of carbonyl (C=O) groups excluding carboxylic acids is 1. The zero-order valence-electron chi connectivity index (χ0n) is 14.4. The molecular formula is C18H16N4O5. The summed E-state index contributed by atoms with van der Waals surface area (Å²) in [5, 5.41) is 13.8. The van der Waals surface area contributed by atoms with Gasteiger partial charge in [0.2, 0.25) is 5.91 Å². The largest absolute Gasteiger partial charge is 0.494 e. The van der Waals surface area contributed by atoms with E-state index < -0.39 is 16.4 Å². The van der Waals surface area contributed by atoms with Crippen LogP contribution in [0.25, 0.3) is 11.0 Å². The van der Waals surface area contributed by atoms with E-state index in [9.17, 15) is 19.7 Å². The van der Waals surface area contributed by atoms with Crippen LogP contribution < -0.4 is 15.6 Å². The van der Waals surface area contributed by atoms with E-state index in [1.165, 1.54) is 22.8 Å². The van der Waals surface area contributed by atoms with Gasteiger partial charge in [0, 0.05) is 0 Å². The van der Waals surface area contributed by atoms with Crippen LogP contribution in [0, 0.1) is 10.1 Å². The van der Waals surface area contributed by atoms with Crippen molar-refractivity contribution in [2.75, 3.05) is 11.9 Å². The Morgan fingerprint density at radius 2 is 2.07 bits per heavy atom. The Hall–Kier alpha value is -3.75. The smallest absolute Gasteiger partial charge is 0.296 e. The highest BCUT2D eigenvalue weighted by Crippen LogP contribution is 2.29. The number of hydrogen-bond donors (Lipinski definition) is 1. The summed E-state index contributed by atoms with van der Waals surface area (Å²) in [5.74, 6) is -0.237. The minimum absolute atomic E-state index is 0.0277. The first-order valence-corrected chi connectivity index (χ1v) is 8.15. The number of carbonyl (C=O) groups is 1. The maximum Gasteiger partial charge on any atom is 0.296 e. The van der Waals surface area contributed by atoms with Crippen molar-refractivity contribution in [2.45, 2.75) is 13.5 Å². The standard InChI is InChI=1S/C18H16N4O5/c1-2-27-12-7-8-14(16(9-12)22(25)26)20-17(23)11-21-15-6-4-3-5-13(15)19-10-18(21)24/h3-10H,2,11H2,1H3,(H,20,23). The van der Waals surface area contributed by atoms with E-state index in [0.29, 0.717) is 23.4 Å². The van der Waals surface area contributed by atoms with Crippen LogP contribution in [-0.4, -0.2) is 27.0 Å². The van der Waals surface area contributed by atoms with Gasteiger partial charge in [-0.15, -0.1) is 0 Å². The number of anilines is 1. The number of fused-ring (bicyclic) bond motifs is 1. The van der Waals surface area contributed by atoms with Crippen molar-refractivity contribution in [3.05, 3.63) is 69.1 Å². The van der Waals surface area contributed by atoms with Gasteiger partial charge < -0.3 is 10.1 Å². The maximum absolute atomic E-state index is 12.4. The molecule has 9 heteroatoms. The summed E-state index contributed by atoms with van der Waals surface area (Å²) >= 11 is 0. The first-order valence-electron chi connectivity index (χ1n) is 8.15. The van der Waals surface area contributed by atoms with Crippen molar-refractivity contribution in [3.8, 4) is 5.75 Å². The molecule has 1 aromatic heterocycles. The number of nitro groups is 1. The molecule has 138 valence electrons. The highest BCUT2D eigenvalue weighted by Gasteiger charge is 2.18. The minimum Gasteiger partial charge on any atom is -0.494 e. The van der Waals surface area contributed by atoms with Gasteiger partial charge in [-0.3, -0.25) is 24.3 Å². The third kappa shape index (κ3) is 3.92. The number of nitrogens with zero attached hydrogens (tertiary/aromatic N) is 3. The van der Waals surface area contributed by atoms with Gasteiger partial charge in [0.05, 0.1) is 34.8 Å². The number of hydrogen-bond acceptors (Lipinski definition) is 6. The van der Waals surface area contributed by atoms with Crippen molar-refractivity contribution < 1.29 is 14.5 Å². The molecule has 0 radical (unpaired) electrons. The third-order valence-corrected chi connectivity index (χ3v) is 3.81. The second-order valence-corrected chi connectivity index (χ2v) is 5.59. The van der Waals surface area contributed by atoms with Crippen LogP contribution in [0.4, 0.5) is 11.4 Å². The van der Waals surface area contributed by atoms with Gasteiger partial charge in [0.15, 0.2) is 0 Å². The van der Waals surface area contributed by atoms with E-state index >= 15 is 0 Å². The molecule has 1 amide bonds. The average molecular weight is 368 g/mol. The van der Waals surface area contributed by atoms with E-state index in [1.807, 2.05) is 0 Å². The SMILES string of the molecule is CCOc1ccc(NC(=O)Cn2c(=O)cnc3ccccc32)c([N+](=O)[O-])c1. The van der Waals surface area contributed by atoms with Crippen LogP contribution in [0.1, 0.15) is 6.92 Å². The van der Waals surface area contributed by atoms with Gasteiger partial charge in [-0.1, -0.05) is 12.1 Å². The maximum atomic E-state index is 12.4. The van der Waals surface area contributed by atoms with E-state index in [4.69, 9.17) is 4.74 Å². The molecule has 0 aliphatic heterocycles. The first kappa shape index (κ1) is 18.1. The molecule has 0 saturated heterocycles. The van der Waals surface area contributed by atoms with E-state index in [1.54, 1.807) is 31.2 Å². The number of nitrogens with one attached hydrogen (secondary N) is 1. The monoisotopic (exact) mass is 368 g/mol. The topological polar surface area (TPSA) is 116 Å². The quantitative estimate of drug-likeness (QED) is 0.527. The predicted octanol–water partition coefficient (Wildman–Crippen LogP) is 2.34. The van der Waals surface area contributed by atoms with E-state index in [2.05, 4.69) is 10.3 Å². The summed E-state index contributed by atoms with van der Waals surface area (Å²) in [6.07, 6.45) is 1.13. The Labute approximate surface area is 153 Å². The minimum atomic E-state index is -0.605. The molecule has 2 aromatic carbocycles. The van der Waals surface area contributed by atoms with Gasteiger partial charge in [-0.05, 0) is 31.2 Å². The van der Waals surface area contributed by atoms with Crippen molar-refractivity contribution in [1.82, 2.24) is 9.55 Å². The molecule has 3 rings (SSSR count). The van der Waals surface area contributed by atoms with Crippen LogP contribution in [0.3, 0.4) is 0 Å². The fraction of sp³-hybridized carbons (Fsp3) is 0.167. The molecule has 3 aromatic rings. The van der Waals surface area contributed by atoms with Crippen molar-refractivity contribution in [2.24, 2.45) is 0 Å². The number of rotatable bonds is 6. The number of para-hydroxylation sites is 2. The summed E-state index contributed by atoms with van der Waals surface area (Å²) < 4.78 is 6.51. The van der Waals surface area contributed by atoms with Crippen molar-refractivity contribution in [1.29, 1.82) is 0 Å². The number of benzene rings is 2. The van der Waals surface area contributed by atoms with Gasteiger partial charge in [0.1, 0.15) is 18.0 Å². The fourth-order valence-electron chi connectivity index (χ4n) is 2.64. The van der Waals surface area contributed by atoms with Crippen molar-refractivity contribution in [3.63, 3.8) is 0 Å². The van der Waals surface area contributed by atoms with Crippen molar-refractivity contribution >= 4 is 28.3 Å². The van der Waals surface area contributed by atoms with Gasteiger partial charge >= 0.3 is 0 Å². The second kappa shape index (κ2) is 7.65. The summed E-state index contributed by atoms with van der Waals surface area (Å²) in [6.45, 7) is 1.82. The van der Waals surface area contributed by atoms with Gasteiger partial charge in [-0.2, -0.15) is 0 Å². The van der Waals surface area contributed by atoms with Crippen LogP contribution in [0.15, 0.2) is 53.5 Å². The number of nitro benzene ring substituents is 1. The van der Waals surface area contributed by atoms with E-state index in [0.717, 1.165) is 6.20 Å². The second-order valence-electron chi connectivity index (χ2n) is 5.59. The molecule has 0 atom stereocenters. The number of ether oxygens (including phenoxy) is 1. The lowest BCUT2D eigenvalue weighted by Gasteiger charge is -2.11. The Balaban J connectivity index is 1.88. The summed E-state index contributed by atoms with van der Waals surface area (Å²) in [7, 11) is 0. The molecule has 1 N–H and O–H groups in total. The first-order chi connectivity index (χ1) is 13.0. The molecule has 1 heterocycles. The number of amides is 1. The Morgan fingerprint density at radius 3 is 2.81 bits per heavy atom. The summed E-state index contributed by atoms with van der Waals surface area (Å²) in [4.78, 5) is 39.2. The lowest BCUT2D eigenvalue weighted by atomic mass is 10.2. The molecule has 0 bridgehead atoms. The fourth-order valence-corrected chi connectivity index (χ4v) is 2.64. The molecule has 9 nitrogen and oxygen atoms in total. The predicted molar refractivity (Wildman–Crippen MR) is 98.9 cm³/mol. The highest BCUT2D eigenvalue weighted by atomic mass is 16.6. The lowest BCUT2D eigenvalue weighted by Crippen LogP contribution is -2.28. The summed E-state index contributed by atoms with van der Waals surface area (Å²) in [6, 6.07) is 11.1. The zero-order valence-corrected chi connectivity index (χ0v) is 14.4. The lowest BCUT2D eigenvalue weighted by molar-refractivity contribution is -0.384. The molecule has 0 aliphatic rings. The van der Waals surface area contributed by atoms with Gasteiger partial charge in [-0.25, -0.2) is 4.98 Å². The molecule has 0 aliphatic carbocycles. The molecule has 27 heavy (non-hydrogen) atoms. The molecular weight excluding hydrogens is 352 g/mol. The molecule has 0 unspecified atom stereocenters. The Kier molecular flexibility index (Phi) is 5.11. The van der Waals surface area contributed by atoms with Crippen LogP contribution in [0.2, 0.25) is 0 Å². The molecule has 0 fully saturated rings. The molecule has 0 spiro atoms. The Bertz CT molecular complexity index is 1080. The Morgan fingerprint density at radius 1 is 1.30 bits per heavy atom. The van der Waals surface area contributed by atoms with Gasteiger partial charge in [0.25, 0.3) is 11.2 Å². The average Bonchev–Trinajstić information content (AvgIpc) is 2.65. The summed E-state index contributed by atoms with van der Waals surface area (Å²) in [5.41, 5.74) is 0.365. The van der Waals surface area contributed by atoms with Crippen LogP contribution >= 0.6 is 0 Å². The molecule has 0 saturated carbocycles. The number of aromatic nitrogens is 2. The van der Waals surface area contributed by atoms with Crippen LogP contribution in [-0.2, 0) is 11.3 Å². The normalized spacial score (nSPS) is 10.6. The van der Waals surface area contributed by atoms with Crippen LogP contribution in [0.5, 0.6) is 5.75 Å². The highest BCUT2D eigenvalue weighted by molar-refractivity contribution is 5.93.